The molecule has 0 unspecified atom stereocenters. The molecular formula is C29H30BrNO3S. The molecule has 1 heterocycles. The van der Waals surface area contributed by atoms with E-state index >= 15 is 0 Å². The van der Waals surface area contributed by atoms with Crippen LogP contribution in [0.5, 0.6) is 5.75 Å². The Balaban J connectivity index is 1.31. The van der Waals surface area contributed by atoms with Crippen LogP contribution in [0.1, 0.15) is 62.1 Å². The highest BCUT2D eigenvalue weighted by atomic mass is 79.9. The molecule has 4 nitrogen and oxygen atoms in total. The zero-order valence-electron chi connectivity index (χ0n) is 20.0. The van der Waals surface area contributed by atoms with E-state index in [2.05, 4.69) is 34.1 Å². The number of carbonyl (C=O) groups is 2. The lowest BCUT2D eigenvalue weighted by atomic mass is 9.48. The van der Waals surface area contributed by atoms with Gasteiger partial charge in [-0.15, -0.1) is 0 Å². The van der Waals surface area contributed by atoms with Crippen molar-refractivity contribution < 1.29 is 14.3 Å². The normalized spacial score (nSPS) is 30.5. The van der Waals surface area contributed by atoms with Gasteiger partial charge in [0, 0.05) is 10.0 Å². The molecule has 4 aliphatic carbocycles. The van der Waals surface area contributed by atoms with Crippen LogP contribution in [0.2, 0.25) is 0 Å². The van der Waals surface area contributed by atoms with E-state index < -0.39 is 0 Å². The van der Waals surface area contributed by atoms with Crippen molar-refractivity contribution in [3.8, 4) is 5.75 Å². The van der Waals surface area contributed by atoms with Crippen molar-refractivity contribution in [1.29, 1.82) is 0 Å². The standard InChI is InChI=1S/C29H30BrNO3S/c1-2-34-25-8-5-23(29-14-19-9-20(15-29)11-21(10-19)16-29)12-22(25)13-26-27(32)31(28(33)35-26)17-18-3-6-24(30)7-4-18/h3-8,12-13,19-21H,2,9-11,14-17H2,1H3/b26-13+. The van der Waals surface area contributed by atoms with Crippen LogP contribution in [0.4, 0.5) is 4.79 Å². The number of halogens is 1. The molecule has 4 saturated carbocycles. The van der Waals surface area contributed by atoms with E-state index in [1.807, 2.05) is 37.3 Å². The highest BCUT2D eigenvalue weighted by Gasteiger charge is 2.51. The Hall–Kier alpha value is -2.05. The minimum Gasteiger partial charge on any atom is -0.493 e. The molecule has 5 fully saturated rings. The number of benzene rings is 2. The lowest BCUT2D eigenvalue weighted by molar-refractivity contribution is -0.123. The average molecular weight is 553 g/mol. The number of amides is 2. The van der Waals surface area contributed by atoms with Crippen LogP contribution in [-0.2, 0) is 16.8 Å². The third-order valence-corrected chi connectivity index (χ3v) is 9.81. The Morgan fingerprint density at radius 3 is 2.31 bits per heavy atom. The fraction of sp³-hybridized carbons (Fsp3) is 0.448. The Labute approximate surface area is 219 Å². The van der Waals surface area contributed by atoms with E-state index in [1.54, 1.807) is 0 Å². The second kappa shape index (κ2) is 9.11. The van der Waals surface area contributed by atoms with Crippen LogP contribution >= 0.6 is 27.7 Å². The topological polar surface area (TPSA) is 46.6 Å². The van der Waals surface area contributed by atoms with Gasteiger partial charge in [-0.2, -0.15) is 0 Å². The number of imide groups is 1. The van der Waals surface area contributed by atoms with Gasteiger partial charge in [0.25, 0.3) is 11.1 Å². The van der Waals surface area contributed by atoms with Crippen molar-refractivity contribution in [2.75, 3.05) is 6.61 Å². The maximum atomic E-state index is 13.2. The van der Waals surface area contributed by atoms with Gasteiger partial charge in [-0.05, 0) is 122 Å². The molecule has 0 aromatic heterocycles. The van der Waals surface area contributed by atoms with Crippen molar-refractivity contribution in [2.24, 2.45) is 17.8 Å². The Bertz CT molecular complexity index is 1170. The molecule has 1 saturated heterocycles. The van der Waals surface area contributed by atoms with E-state index in [9.17, 15) is 9.59 Å². The van der Waals surface area contributed by atoms with Crippen LogP contribution in [0.3, 0.4) is 0 Å². The molecule has 0 atom stereocenters. The summed E-state index contributed by atoms with van der Waals surface area (Å²) in [6, 6.07) is 14.3. The first kappa shape index (κ1) is 23.4. The van der Waals surface area contributed by atoms with E-state index in [0.29, 0.717) is 11.5 Å². The molecule has 2 amide bonds. The summed E-state index contributed by atoms with van der Waals surface area (Å²) in [6.45, 7) is 2.81. The Kier molecular flexibility index (Phi) is 6.08. The van der Waals surface area contributed by atoms with Crippen LogP contribution in [0.15, 0.2) is 51.8 Å². The third-order valence-electron chi connectivity index (χ3n) is 8.37. The molecule has 7 rings (SSSR count). The number of thioether (sulfide) groups is 1. The summed E-state index contributed by atoms with van der Waals surface area (Å²) < 4.78 is 6.92. The van der Waals surface area contributed by atoms with Crippen molar-refractivity contribution in [3.05, 3.63) is 68.5 Å². The minimum absolute atomic E-state index is 0.223. The number of rotatable bonds is 6. The monoisotopic (exact) mass is 551 g/mol. The SMILES string of the molecule is CCOc1ccc(C23CC4CC(CC(C4)C2)C3)cc1/C=C1/SC(=O)N(Cc2ccc(Br)cc2)C1=O. The maximum Gasteiger partial charge on any atom is 0.293 e. The zero-order valence-corrected chi connectivity index (χ0v) is 22.4. The minimum atomic E-state index is -0.231. The maximum absolute atomic E-state index is 13.2. The van der Waals surface area contributed by atoms with Crippen LogP contribution in [0, 0.1) is 17.8 Å². The van der Waals surface area contributed by atoms with E-state index in [-0.39, 0.29) is 23.1 Å². The highest BCUT2D eigenvalue weighted by molar-refractivity contribution is 9.10. The van der Waals surface area contributed by atoms with Crippen LogP contribution in [-0.4, -0.2) is 22.7 Å². The first-order valence-corrected chi connectivity index (χ1v) is 14.3. The molecule has 0 spiro atoms. The molecular weight excluding hydrogens is 522 g/mol. The lowest BCUT2D eigenvalue weighted by Crippen LogP contribution is -2.48. The molecule has 0 radical (unpaired) electrons. The molecule has 6 heteroatoms. The first-order chi connectivity index (χ1) is 16.9. The van der Waals surface area contributed by atoms with Crippen molar-refractivity contribution in [3.63, 3.8) is 0 Å². The summed E-state index contributed by atoms with van der Waals surface area (Å²) in [6.07, 6.45) is 9.97. The molecule has 182 valence electrons. The lowest BCUT2D eigenvalue weighted by Gasteiger charge is -2.57. The van der Waals surface area contributed by atoms with E-state index in [0.717, 1.165) is 50.9 Å². The summed E-state index contributed by atoms with van der Waals surface area (Å²) in [7, 11) is 0. The molecule has 35 heavy (non-hydrogen) atoms. The van der Waals surface area contributed by atoms with Crippen molar-refractivity contribution in [2.45, 2.75) is 57.4 Å². The molecule has 0 N–H and O–H groups in total. The second-order valence-corrected chi connectivity index (χ2v) is 12.7. The number of ether oxygens (including phenoxy) is 1. The van der Waals surface area contributed by atoms with Gasteiger partial charge in [-0.3, -0.25) is 14.5 Å². The van der Waals surface area contributed by atoms with E-state index in [4.69, 9.17) is 4.74 Å². The summed E-state index contributed by atoms with van der Waals surface area (Å²) in [5.41, 5.74) is 3.49. The first-order valence-electron chi connectivity index (χ1n) is 12.7. The fourth-order valence-corrected chi connectivity index (χ4v) is 8.39. The zero-order chi connectivity index (χ0) is 24.2. The Morgan fingerprint density at radius 2 is 1.69 bits per heavy atom. The molecule has 2 aromatic rings. The van der Waals surface area contributed by atoms with Gasteiger partial charge < -0.3 is 4.74 Å². The molecule has 2 aromatic carbocycles. The average Bonchev–Trinajstić information content (AvgIpc) is 3.08. The molecule has 1 aliphatic heterocycles. The van der Waals surface area contributed by atoms with Gasteiger partial charge in [0.15, 0.2) is 0 Å². The molecule has 5 aliphatic rings. The number of hydrogen-bond acceptors (Lipinski definition) is 4. The van der Waals surface area contributed by atoms with Gasteiger partial charge >= 0.3 is 0 Å². The quantitative estimate of drug-likeness (QED) is 0.347. The summed E-state index contributed by atoms with van der Waals surface area (Å²) in [5.74, 6) is 3.15. The number of carbonyl (C=O) groups excluding carboxylic acids is 2. The molecule has 4 bridgehead atoms. The van der Waals surface area contributed by atoms with Crippen LogP contribution in [0.25, 0.3) is 6.08 Å². The van der Waals surface area contributed by atoms with Crippen molar-refractivity contribution in [1.82, 2.24) is 4.90 Å². The van der Waals surface area contributed by atoms with Gasteiger partial charge in [-0.25, -0.2) is 0 Å². The van der Waals surface area contributed by atoms with Gasteiger partial charge in [0.2, 0.25) is 0 Å². The number of hydrogen-bond donors (Lipinski definition) is 0. The Morgan fingerprint density at radius 1 is 1.03 bits per heavy atom. The summed E-state index contributed by atoms with van der Waals surface area (Å²) >= 11 is 4.46. The predicted molar refractivity (Wildman–Crippen MR) is 143 cm³/mol. The number of nitrogens with zero attached hydrogens (tertiary/aromatic N) is 1. The van der Waals surface area contributed by atoms with Gasteiger partial charge in [0.1, 0.15) is 5.75 Å². The van der Waals surface area contributed by atoms with Crippen LogP contribution < -0.4 is 4.74 Å². The largest absolute Gasteiger partial charge is 0.493 e. The smallest absolute Gasteiger partial charge is 0.293 e. The fourth-order valence-electron chi connectivity index (χ4n) is 7.29. The summed E-state index contributed by atoms with van der Waals surface area (Å²) in [4.78, 5) is 27.8. The van der Waals surface area contributed by atoms with E-state index in [1.165, 1.54) is 49.0 Å². The van der Waals surface area contributed by atoms with Gasteiger partial charge in [0.05, 0.1) is 18.1 Å². The highest BCUT2D eigenvalue weighted by Crippen LogP contribution is 2.61. The summed E-state index contributed by atoms with van der Waals surface area (Å²) in [5, 5.41) is -0.223. The second-order valence-electron chi connectivity index (χ2n) is 10.8. The predicted octanol–water partition coefficient (Wildman–Crippen LogP) is 7.55. The van der Waals surface area contributed by atoms with Gasteiger partial charge in [-0.1, -0.05) is 34.1 Å². The van der Waals surface area contributed by atoms with Crippen molar-refractivity contribution >= 4 is 44.9 Å². The third kappa shape index (κ3) is 4.37.